The second kappa shape index (κ2) is 8.58. The summed E-state index contributed by atoms with van der Waals surface area (Å²) in [5.74, 6) is -1.47. The number of rotatable bonds is 5. The molecule has 0 radical (unpaired) electrons. The number of nitrogens with zero attached hydrogens (tertiary/aromatic N) is 2. The number of aromatic nitrogens is 2. The Morgan fingerprint density at radius 2 is 1.91 bits per heavy atom. The smallest absolute Gasteiger partial charge is 0.309 e. The maximum Gasteiger partial charge on any atom is 0.309 e. The Balaban J connectivity index is 1.71. The Morgan fingerprint density at radius 3 is 2.59 bits per heavy atom. The first-order valence-electron chi connectivity index (χ1n) is 9.50. The van der Waals surface area contributed by atoms with Gasteiger partial charge >= 0.3 is 5.95 Å². The van der Waals surface area contributed by atoms with Gasteiger partial charge in [0.2, 0.25) is 0 Å². The van der Waals surface area contributed by atoms with E-state index in [0.29, 0.717) is 22.6 Å². The first-order chi connectivity index (χ1) is 15.2. The molecule has 0 unspecified atom stereocenters. The molecule has 0 saturated heterocycles. The third kappa shape index (κ3) is 4.16. The topological polar surface area (TPSA) is 77.5 Å². The maximum absolute atomic E-state index is 13.9. The van der Waals surface area contributed by atoms with Crippen LogP contribution in [0.5, 0.6) is 11.7 Å². The van der Waals surface area contributed by atoms with Gasteiger partial charge in [-0.25, -0.2) is 8.78 Å². The first kappa shape index (κ1) is 21.8. The lowest BCUT2D eigenvalue weighted by Gasteiger charge is -2.17. The van der Waals surface area contributed by atoms with Crippen molar-refractivity contribution >= 4 is 15.9 Å². The molecule has 0 fully saturated rings. The van der Waals surface area contributed by atoms with E-state index in [0.717, 1.165) is 17.7 Å². The number of halogens is 3. The van der Waals surface area contributed by atoms with Gasteiger partial charge in [-0.1, -0.05) is 17.3 Å². The summed E-state index contributed by atoms with van der Waals surface area (Å²) in [6.45, 7) is 3.44. The largest absolute Gasteiger partial charge is 0.487 e. The Hall–Kier alpha value is -3.46. The van der Waals surface area contributed by atoms with Crippen molar-refractivity contribution in [1.82, 2.24) is 9.72 Å². The van der Waals surface area contributed by atoms with E-state index >= 15 is 0 Å². The summed E-state index contributed by atoms with van der Waals surface area (Å²) >= 11 is 3.29. The van der Waals surface area contributed by atoms with Crippen molar-refractivity contribution < 1.29 is 23.1 Å². The summed E-state index contributed by atoms with van der Waals surface area (Å²) in [5, 5.41) is 13.2. The molecule has 6 nitrogen and oxygen atoms in total. The van der Waals surface area contributed by atoms with E-state index < -0.39 is 11.6 Å². The third-order valence-electron chi connectivity index (χ3n) is 4.94. The van der Waals surface area contributed by atoms with Gasteiger partial charge < -0.3 is 14.4 Å². The van der Waals surface area contributed by atoms with E-state index in [9.17, 15) is 18.7 Å². The molecule has 9 heteroatoms. The van der Waals surface area contributed by atoms with Gasteiger partial charge in [-0.15, -0.1) is 0 Å². The minimum absolute atomic E-state index is 0.162. The average Bonchev–Trinajstić information content (AvgIpc) is 3.18. The van der Waals surface area contributed by atoms with Crippen LogP contribution in [0.2, 0.25) is 0 Å². The molecule has 0 amide bonds. The van der Waals surface area contributed by atoms with E-state index in [2.05, 4.69) is 21.1 Å². The summed E-state index contributed by atoms with van der Waals surface area (Å²) in [4.78, 5) is 13.2. The number of pyridine rings is 1. The van der Waals surface area contributed by atoms with Crippen molar-refractivity contribution in [1.29, 1.82) is 0 Å². The SMILES string of the molecule is Cc1ccc(-c2cc(O)on2)cc1-n1c(C)cc(OCc2ccc(F)cc2F)c(Br)c1=O. The molecule has 2 aromatic carbocycles. The lowest BCUT2D eigenvalue weighted by atomic mass is 10.1. The van der Waals surface area contributed by atoms with Crippen molar-refractivity contribution in [3.63, 3.8) is 0 Å². The average molecular weight is 503 g/mol. The lowest BCUT2D eigenvalue weighted by Crippen LogP contribution is -2.23. The van der Waals surface area contributed by atoms with Crippen LogP contribution in [0.25, 0.3) is 16.9 Å². The predicted molar refractivity (Wildman–Crippen MR) is 117 cm³/mol. The summed E-state index contributed by atoms with van der Waals surface area (Å²) in [6, 6.07) is 11.7. The summed E-state index contributed by atoms with van der Waals surface area (Å²) in [6.07, 6.45) is 0. The summed E-state index contributed by atoms with van der Waals surface area (Å²) in [5.41, 5.74) is 2.90. The molecule has 0 bridgehead atoms. The van der Waals surface area contributed by atoms with Gasteiger partial charge in [0, 0.05) is 29.0 Å². The minimum atomic E-state index is -0.725. The van der Waals surface area contributed by atoms with Crippen LogP contribution in [0, 0.1) is 25.5 Å². The molecule has 0 aliphatic rings. The van der Waals surface area contributed by atoms with Gasteiger partial charge in [-0.05, 0) is 53.5 Å². The normalized spacial score (nSPS) is 11.0. The van der Waals surface area contributed by atoms with Crippen molar-refractivity contribution in [3.05, 3.63) is 91.8 Å². The second-order valence-electron chi connectivity index (χ2n) is 7.18. The van der Waals surface area contributed by atoms with Crippen LogP contribution in [-0.2, 0) is 6.61 Å². The molecule has 0 aliphatic carbocycles. The minimum Gasteiger partial charge on any atom is -0.487 e. The number of aromatic hydroxyl groups is 1. The molecular formula is C23H17BrF2N2O4. The molecule has 2 heterocycles. The van der Waals surface area contributed by atoms with Crippen LogP contribution >= 0.6 is 15.9 Å². The quantitative estimate of drug-likeness (QED) is 0.393. The van der Waals surface area contributed by atoms with E-state index in [-0.39, 0.29) is 33.9 Å². The molecule has 0 saturated carbocycles. The van der Waals surface area contributed by atoms with Gasteiger partial charge in [0.25, 0.3) is 5.56 Å². The maximum atomic E-state index is 13.9. The van der Waals surface area contributed by atoms with Gasteiger partial charge in [0.15, 0.2) is 0 Å². The van der Waals surface area contributed by atoms with E-state index in [1.807, 2.05) is 13.0 Å². The molecule has 0 aliphatic heterocycles. The highest BCUT2D eigenvalue weighted by atomic mass is 79.9. The molecule has 32 heavy (non-hydrogen) atoms. The highest BCUT2D eigenvalue weighted by molar-refractivity contribution is 9.10. The Kier molecular flexibility index (Phi) is 5.84. The fraction of sp³-hybridized carbons (Fsp3) is 0.130. The Bertz CT molecular complexity index is 1380. The van der Waals surface area contributed by atoms with Crippen LogP contribution < -0.4 is 10.3 Å². The van der Waals surface area contributed by atoms with Crippen LogP contribution in [0.3, 0.4) is 0 Å². The zero-order chi connectivity index (χ0) is 23.0. The fourth-order valence-corrected chi connectivity index (χ4v) is 3.70. The lowest BCUT2D eigenvalue weighted by molar-refractivity contribution is 0.278. The van der Waals surface area contributed by atoms with Crippen molar-refractivity contribution in [3.8, 4) is 28.6 Å². The molecule has 164 valence electrons. The number of aryl methyl sites for hydroxylation is 2. The third-order valence-corrected chi connectivity index (χ3v) is 5.67. The zero-order valence-electron chi connectivity index (χ0n) is 17.0. The molecule has 1 N–H and O–H groups in total. The molecule has 0 spiro atoms. The van der Waals surface area contributed by atoms with Crippen LogP contribution in [0.1, 0.15) is 16.8 Å². The number of hydrogen-bond donors (Lipinski definition) is 1. The van der Waals surface area contributed by atoms with E-state index in [1.54, 1.807) is 25.1 Å². The molecular weight excluding hydrogens is 486 g/mol. The standard InChI is InChI=1S/C23H17BrF2N2O4/c1-12-3-4-14(18-10-21(29)32-27-18)8-19(12)28-13(2)7-20(22(24)23(28)30)31-11-15-5-6-16(25)9-17(15)26/h3-10,29H,11H2,1-2H3. The van der Waals surface area contributed by atoms with E-state index in [1.165, 1.54) is 16.7 Å². The molecule has 0 atom stereocenters. The zero-order valence-corrected chi connectivity index (χ0v) is 18.6. The van der Waals surface area contributed by atoms with Gasteiger partial charge in [-0.2, -0.15) is 0 Å². The van der Waals surface area contributed by atoms with Crippen molar-refractivity contribution in [2.24, 2.45) is 0 Å². The molecule has 4 aromatic rings. The van der Waals surface area contributed by atoms with Crippen LogP contribution in [0.15, 0.2) is 62.3 Å². The molecule has 2 aromatic heterocycles. The van der Waals surface area contributed by atoms with Crippen molar-refractivity contribution in [2.45, 2.75) is 20.5 Å². The monoisotopic (exact) mass is 502 g/mol. The number of ether oxygens (including phenoxy) is 1. The fourth-order valence-electron chi connectivity index (χ4n) is 3.29. The second-order valence-corrected chi connectivity index (χ2v) is 7.97. The number of benzene rings is 2. The summed E-state index contributed by atoms with van der Waals surface area (Å²) < 4.78 is 39.0. The van der Waals surface area contributed by atoms with Gasteiger partial charge in [0.05, 0.1) is 11.8 Å². The Morgan fingerprint density at radius 1 is 1.12 bits per heavy atom. The summed E-state index contributed by atoms with van der Waals surface area (Å²) in [7, 11) is 0. The number of hydrogen-bond acceptors (Lipinski definition) is 5. The van der Waals surface area contributed by atoms with Gasteiger partial charge in [-0.3, -0.25) is 9.36 Å². The molecule has 4 rings (SSSR count). The highest BCUT2D eigenvalue weighted by Gasteiger charge is 2.17. The first-order valence-corrected chi connectivity index (χ1v) is 10.3. The van der Waals surface area contributed by atoms with E-state index in [4.69, 9.17) is 9.26 Å². The Labute approximate surface area is 189 Å². The van der Waals surface area contributed by atoms with Crippen molar-refractivity contribution in [2.75, 3.05) is 0 Å². The predicted octanol–water partition coefficient (Wildman–Crippen LogP) is 5.43. The van der Waals surface area contributed by atoms with Gasteiger partial charge in [0.1, 0.15) is 34.2 Å². The highest BCUT2D eigenvalue weighted by Crippen LogP contribution is 2.29. The van der Waals surface area contributed by atoms with Crippen LogP contribution in [0.4, 0.5) is 8.78 Å². The van der Waals surface area contributed by atoms with Crippen LogP contribution in [-0.4, -0.2) is 14.8 Å².